The maximum atomic E-state index is 12.1. The maximum absolute atomic E-state index is 12.1. The number of hydrogen-bond donors (Lipinski definition) is 2. The molecule has 0 atom stereocenters. The van der Waals surface area contributed by atoms with Gasteiger partial charge in [0.25, 0.3) is 0 Å². The number of anilines is 1. The standard InChI is InChI=1S/C10H17N2O5PS/c1-3-16-18(13,17-4-2)12-19(14,15)10-7-5-9(11)6-8-10/h5-8H,3-4,11H2,1-2H3,(H,12,13). The summed E-state index contributed by atoms with van der Waals surface area (Å²) in [7, 11) is -7.89. The van der Waals surface area contributed by atoms with Crippen LogP contribution in [0.3, 0.4) is 0 Å². The predicted molar refractivity (Wildman–Crippen MR) is 72.0 cm³/mol. The minimum atomic E-state index is -4.00. The Balaban J connectivity index is 3.00. The number of hydrogen-bond acceptors (Lipinski definition) is 6. The first kappa shape index (κ1) is 16.1. The molecule has 7 nitrogen and oxygen atoms in total. The van der Waals surface area contributed by atoms with E-state index in [0.29, 0.717) is 5.69 Å². The smallest absolute Gasteiger partial charge is 0.399 e. The van der Waals surface area contributed by atoms with Crippen molar-refractivity contribution in [2.75, 3.05) is 18.9 Å². The van der Waals surface area contributed by atoms with Crippen LogP contribution < -0.4 is 10.2 Å². The molecule has 1 aromatic carbocycles. The molecule has 9 heteroatoms. The molecule has 1 rings (SSSR count). The summed E-state index contributed by atoms with van der Waals surface area (Å²) in [6.07, 6.45) is 0. The van der Waals surface area contributed by atoms with E-state index in [-0.39, 0.29) is 18.1 Å². The van der Waals surface area contributed by atoms with Gasteiger partial charge in [0.2, 0.25) is 10.0 Å². The van der Waals surface area contributed by atoms with Crippen molar-refractivity contribution in [3.63, 3.8) is 0 Å². The first-order valence-corrected chi connectivity index (χ1v) is 8.64. The second-order valence-corrected chi connectivity index (χ2v) is 7.22. The number of sulfonamides is 1. The van der Waals surface area contributed by atoms with E-state index in [1.807, 2.05) is 4.49 Å². The highest BCUT2D eigenvalue weighted by Gasteiger charge is 2.31. The highest BCUT2D eigenvalue weighted by Crippen LogP contribution is 2.44. The lowest BCUT2D eigenvalue weighted by Crippen LogP contribution is -2.23. The highest BCUT2D eigenvalue weighted by atomic mass is 32.2. The quantitative estimate of drug-likeness (QED) is 0.586. The first-order chi connectivity index (χ1) is 8.83. The molecule has 19 heavy (non-hydrogen) atoms. The minimum Gasteiger partial charge on any atom is -0.399 e. The second-order valence-electron chi connectivity index (χ2n) is 3.50. The minimum absolute atomic E-state index is 0.0571. The molecule has 0 heterocycles. The van der Waals surface area contributed by atoms with Crippen LogP contribution in [0.1, 0.15) is 13.8 Å². The highest BCUT2D eigenvalue weighted by molar-refractivity contribution is 7.94. The van der Waals surface area contributed by atoms with Crippen molar-refractivity contribution in [1.29, 1.82) is 0 Å². The molecule has 0 saturated carbocycles. The van der Waals surface area contributed by atoms with Gasteiger partial charge in [-0.05, 0) is 38.1 Å². The average Bonchev–Trinajstić information content (AvgIpc) is 2.28. The zero-order chi connectivity index (χ0) is 14.5. The Kier molecular flexibility index (Phi) is 5.51. The monoisotopic (exact) mass is 308 g/mol. The lowest BCUT2D eigenvalue weighted by Gasteiger charge is -2.17. The molecule has 0 unspecified atom stereocenters. The van der Waals surface area contributed by atoms with Crippen molar-refractivity contribution in [2.24, 2.45) is 0 Å². The third-order valence-electron chi connectivity index (χ3n) is 2.02. The first-order valence-electron chi connectivity index (χ1n) is 5.61. The third kappa shape index (κ3) is 4.59. The molecule has 0 aliphatic heterocycles. The molecule has 0 radical (unpaired) electrons. The molecular weight excluding hydrogens is 291 g/mol. The van der Waals surface area contributed by atoms with E-state index in [1.54, 1.807) is 13.8 Å². The zero-order valence-corrected chi connectivity index (χ0v) is 12.4. The maximum Gasteiger partial charge on any atom is 0.419 e. The van der Waals surface area contributed by atoms with Gasteiger partial charge >= 0.3 is 7.75 Å². The van der Waals surface area contributed by atoms with Crippen molar-refractivity contribution in [1.82, 2.24) is 4.49 Å². The molecule has 0 amide bonds. The van der Waals surface area contributed by atoms with E-state index in [2.05, 4.69) is 0 Å². The van der Waals surface area contributed by atoms with Crippen LogP contribution in [0, 0.1) is 0 Å². The summed E-state index contributed by atoms with van der Waals surface area (Å²) in [6, 6.07) is 5.47. The average molecular weight is 308 g/mol. The fourth-order valence-corrected chi connectivity index (χ4v) is 4.55. The van der Waals surface area contributed by atoms with E-state index in [9.17, 15) is 13.0 Å². The Morgan fingerprint density at radius 3 is 2.05 bits per heavy atom. The summed E-state index contributed by atoms with van der Waals surface area (Å²) < 4.78 is 47.8. The number of benzene rings is 1. The van der Waals surface area contributed by atoms with Crippen molar-refractivity contribution >= 4 is 23.5 Å². The Bertz CT molecular complexity index is 548. The lowest BCUT2D eigenvalue weighted by atomic mass is 10.3. The van der Waals surface area contributed by atoms with E-state index < -0.39 is 17.8 Å². The van der Waals surface area contributed by atoms with Gasteiger partial charge in [-0.1, -0.05) is 0 Å². The summed E-state index contributed by atoms with van der Waals surface area (Å²) in [5.41, 5.74) is 5.90. The second kappa shape index (κ2) is 6.49. The molecule has 3 N–H and O–H groups in total. The number of rotatable bonds is 7. The van der Waals surface area contributed by atoms with Gasteiger partial charge in [0, 0.05) is 5.69 Å². The number of nitrogen functional groups attached to an aromatic ring is 1. The van der Waals surface area contributed by atoms with Crippen LogP contribution in [-0.4, -0.2) is 21.6 Å². The van der Waals surface area contributed by atoms with E-state index in [0.717, 1.165) is 0 Å². The van der Waals surface area contributed by atoms with E-state index in [1.165, 1.54) is 24.3 Å². The molecule has 1 aromatic rings. The van der Waals surface area contributed by atoms with Gasteiger partial charge in [-0.25, -0.2) is 13.0 Å². The summed E-state index contributed by atoms with van der Waals surface area (Å²) in [4.78, 5) is -0.0682. The summed E-state index contributed by atoms with van der Waals surface area (Å²) in [5.74, 6) is 0. The molecule has 0 spiro atoms. The van der Waals surface area contributed by atoms with Gasteiger partial charge in [-0.15, -0.1) is 4.49 Å². The molecule has 0 aliphatic rings. The van der Waals surface area contributed by atoms with E-state index >= 15 is 0 Å². The van der Waals surface area contributed by atoms with Crippen LogP contribution in [0.2, 0.25) is 0 Å². The molecule has 108 valence electrons. The van der Waals surface area contributed by atoms with Crippen molar-refractivity contribution in [3.05, 3.63) is 24.3 Å². The van der Waals surface area contributed by atoms with Crippen molar-refractivity contribution in [3.8, 4) is 0 Å². The van der Waals surface area contributed by atoms with Gasteiger partial charge < -0.3 is 5.73 Å². The summed E-state index contributed by atoms with van der Waals surface area (Å²) in [6.45, 7) is 3.29. The van der Waals surface area contributed by atoms with Gasteiger partial charge in [-0.2, -0.15) is 0 Å². The third-order valence-corrected chi connectivity index (χ3v) is 5.97. The van der Waals surface area contributed by atoms with Crippen molar-refractivity contribution in [2.45, 2.75) is 18.7 Å². The Hall–Kier alpha value is -0.920. The molecular formula is C10H17N2O5PS. The molecule has 0 aromatic heterocycles. The molecule has 0 bridgehead atoms. The molecule has 0 fully saturated rings. The van der Waals surface area contributed by atoms with Gasteiger partial charge in [0.1, 0.15) is 0 Å². The predicted octanol–water partition coefficient (Wildman–Crippen LogP) is 1.73. The molecule has 0 saturated heterocycles. The van der Waals surface area contributed by atoms with Crippen LogP contribution in [-0.2, 0) is 23.6 Å². The Morgan fingerprint density at radius 2 is 1.63 bits per heavy atom. The Labute approximate surface area is 112 Å². The summed E-state index contributed by atoms with van der Waals surface area (Å²) >= 11 is 0. The van der Waals surface area contributed by atoms with Crippen LogP contribution in [0.5, 0.6) is 0 Å². The van der Waals surface area contributed by atoms with Crippen LogP contribution in [0.15, 0.2) is 29.2 Å². The Morgan fingerprint density at radius 1 is 1.16 bits per heavy atom. The number of nitrogens with one attached hydrogen (secondary N) is 1. The fraction of sp³-hybridized carbons (Fsp3) is 0.400. The van der Waals surface area contributed by atoms with E-state index in [4.69, 9.17) is 14.8 Å². The number of nitrogens with two attached hydrogens (primary N) is 1. The SMILES string of the molecule is CCOP(=O)(NS(=O)(=O)c1ccc(N)cc1)OCC. The van der Waals surface area contributed by atoms with Crippen LogP contribution in [0.4, 0.5) is 5.69 Å². The van der Waals surface area contributed by atoms with Crippen LogP contribution in [0.25, 0.3) is 0 Å². The van der Waals surface area contributed by atoms with Crippen molar-refractivity contribution < 1.29 is 22.0 Å². The largest absolute Gasteiger partial charge is 0.419 e. The lowest BCUT2D eigenvalue weighted by molar-refractivity contribution is 0.217. The fourth-order valence-electron chi connectivity index (χ4n) is 1.28. The summed E-state index contributed by atoms with van der Waals surface area (Å²) in [5, 5.41) is 0. The molecule has 0 aliphatic carbocycles. The van der Waals surface area contributed by atoms with Crippen LogP contribution >= 0.6 is 7.75 Å². The van der Waals surface area contributed by atoms with Gasteiger partial charge in [-0.3, -0.25) is 9.05 Å². The normalized spacial score (nSPS) is 12.5. The van der Waals surface area contributed by atoms with Gasteiger partial charge in [0.05, 0.1) is 18.1 Å². The van der Waals surface area contributed by atoms with Gasteiger partial charge in [0.15, 0.2) is 0 Å². The zero-order valence-electron chi connectivity index (χ0n) is 10.7. The topological polar surface area (TPSA) is 108 Å².